The molecule has 1 aromatic heterocycles. The number of rotatable bonds is 3. The van der Waals surface area contributed by atoms with Gasteiger partial charge < -0.3 is 14.9 Å². The Hall–Kier alpha value is -2.51. The van der Waals surface area contributed by atoms with Crippen LogP contribution in [0.4, 0.5) is 0 Å². The number of amides is 1. The lowest BCUT2D eigenvalue weighted by Crippen LogP contribution is -2.36. The van der Waals surface area contributed by atoms with E-state index >= 15 is 0 Å². The number of fused-ring (bicyclic) bond motifs is 2. The van der Waals surface area contributed by atoms with E-state index in [4.69, 9.17) is 11.6 Å². The van der Waals surface area contributed by atoms with E-state index in [0.717, 1.165) is 22.6 Å². The molecule has 28 heavy (non-hydrogen) atoms. The van der Waals surface area contributed by atoms with Crippen molar-refractivity contribution in [2.45, 2.75) is 30.8 Å². The number of aryl methyl sites for hydroxylation is 1. The van der Waals surface area contributed by atoms with Crippen LogP contribution >= 0.6 is 23.4 Å². The standard InChI is InChI=1S/C20H18ClN3O3S/c1-2-24-16-5-3-11(9-15(16)23-19(26)20(24)27)18(25)22-14-7-8-28-17-6-4-12(21)10-13(14)17/h3-6,9-10,14H,2,7-8H2,1H3,(H,22,25)(H,23,26). The highest BCUT2D eigenvalue weighted by Gasteiger charge is 2.23. The van der Waals surface area contributed by atoms with Gasteiger partial charge in [-0.15, -0.1) is 11.8 Å². The van der Waals surface area contributed by atoms with Crippen molar-refractivity contribution in [1.82, 2.24) is 14.9 Å². The monoisotopic (exact) mass is 415 g/mol. The zero-order valence-electron chi connectivity index (χ0n) is 15.1. The number of aromatic nitrogens is 2. The molecule has 0 saturated heterocycles. The van der Waals surface area contributed by atoms with Crippen molar-refractivity contribution in [3.63, 3.8) is 0 Å². The number of carbonyl (C=O) groups excluding carboxylic acids is 1. The van der Waals surface area contributed by atoms with E-state index in [-0.39, 0.29) is 11.9 Å². The minimum Gasteiger partial charge on any atom is -0.345 e. The van der Waals surface area contributed by atoms with E-state index < -0.39 is 11.1 Å². The van der Waals surface area contributed by atoms with Crippen molar-refractivity contribution in [2.24, 2.45) is 0 Å². The summed E-state index contributed by atoms with van der Waals surface area (Å²) in [6, 6.07) is 10.6. The van der Waals surface area contributed by atoms with Crippen molar-refractivity contribution in [3.8, 4) is 0 Å². The summed E-state index contributed by atoms with van der Waals surface area (Å²) in [5.74, 6) is 0.674. The third-order valence-electron chi connectivity index (χ3n) is 4.87. The number of nitrogens with one attached hydrogen (secondary N) is 2. The van der Waals surface area contributed by atoms with Gasteiger partial charge in [0.1, 0.15) is 0 Å². The van der Waals surface area contributed by atoms with Gasteiger partial charge in [-0.2, -0.15) is 0 Å². The molecule has 1 atom stereocenters. The Morgan fingerprint density at radius 2 is 2.11 bits per heavy atom. The van der Waals surface area contributed by atoms with Gasteiger partial charge in [-0.3, -0.25) is 14.4 Å². The number of benzene rings is 2. The maximum Gasteiger partial charge on any atom is 0.316 e. The number of carbonyl (C=O) groups is 1. The fraction of sp³-hybridized carbons (Fsp3) is 0.250. The zero-order valence-corrected chi connectivity index (χ0v) is 16.7. The smallest absolute Gasteiger partial charge is 0.316 e. The van der Waals surface area contributed by atoms with Crippen LogP contribution in [0.15, 0.2) is 50.9 Å². The summed E-state index contributed by atoms with van der Waals surface area (Å²) < 4.78 is 1.40. The Morgan fingerprint density at radius 1 is 1.29 bits per heavy atom. The average molecular weight is 416 g/mol. The van der Waals surface area contributed by atoms with E-state index in [0.29, 0.717) is 28.2 Å². The number of hydrogen-bond donors (Lipinski definition) is 2. The summed E-state index contributed by atoms with van der Waals surface area (Å²) in [5.41, 5.74) is 1.20. The first-order valence-corrected chi connectivity index (χ1v) is 10.3. The summed E-state index contributed by atoms with van der Waals surface area (Å²) in [6.45, 7) is 2.17. The van der Waals surface area contributed by atoms with Crippen LogP contribution in [-0.4, -0.2) is 21.2 Å². The fourth-order valence-corrected chi connectivity index (χ4v) is 4.78. The normalized spacial score (nSPS) is 16.0. The number of hydrogen-bond acceptors (Lipinski definition) is 4. The first kappa shape index (κ1) is 18.8. The van der Waals surface area contributed by atoms with Crippen LogP contribution in [0.3, 0.4) is 0 Å². The zero-order chi connectivity index (χ0) is 19.8. The average Bonchev–Trinajstić information content (AvgIpc) is 2.69. The van der Waals surface area contributed by atoms with Crippen LogP contribution in [0, 0.1) is 0 Å². The van der Waals surface area contributed by atoms with Crippen LogP contribution in [-0.2, 0) is 6.54 Å². The molecule has 8 heteroatoms. The lowest BCUT2D eigenvalue weighted by molar-refractivity contribution is 0.0935. The van der Waals surface area contributed by atoms with Gasteiger partial charge in [0.25, 0.3) is 5.91 Å². The topological polar surface area (TPSA) is 84.0 Å². The number of aromatic amines is 1. The molecule has 6 nitrogen and oxygen atoms in total. The third kappa shape index (κ3) is 3.36. The van der Waals surface area contributed by atoms with E-state index in [1.165, 1.54) is 4.57 Å². The molecule has 0 saturated carbocycles. The molecule has 2 aromatic carbocycles. The van der Waals surface area contributed by atoms with Crippen molar-refractivity contribution in [1.29, 1.82) is 0 Å². The van der Waals surface area contributed by atoms with Crippen LogP contribution in [0.5, 0.6) is 0 Å². The molecule has 0 aliphatic carbocycles. The lowest BCUT2D eigenvalue weighted by atomic mass is 10.0. The first-order chi connectivity index (χ1) is 13.5. The Bertz CT molecular complexity index is 1200. The second-order valence-corrected chi connectivity index (χ2v) is 8.15. The molecule has 1 aliphatic heterocycles. The quantitative estimate of drug-likeness (QED) is 0.642. The second-order valence-electron chi connectivity index (χ2n) is 6.58. The third-order valence-corrected chi connectivity index (χ3v) is 6.23. The van der Waals surface area contributed by atoms with Crippen LogP contribution in [0.25, 0.3) is 11.0 Å². The molecule has 0 radical (unpaired) electrons. The second kappa shape index (κ2) is 7.48. The Morgan fingerprint density at radius 3 is 2.89 bits per heavy atom. The number of thioether (sulfide) groups is 1. The summed E-state index contributed by atoms with van der Waals surface area (Å²) in [5, 5.41) is 3.71. The van der Waals surface area contributed by atoms with Gasteiger partial charge in [-0.05, 0) is 55.3 Å². The van der Waals surface area contributed by atoms with Crippen molar-refractivity contribution >= 4 is 40.3 Å². The molecule has 144 valence electrons. The van der Waals surface area contributed by atoms with Crippen molar-refractivity contribution in [3.05, 3.63) is 73.3 Å². The molecule has 2 N–H and O–H groups in total. The fourth-order valence-electron chi connectivity index (χ4n) is 3.49. The molecule has 0 spiro atoms. The van der Waals surface area contributed by atoms with Gasteiger partial charge in [0.15, 0.2) is 0 Å². The molecule has 0 bridgehead atoms. The molecular formula is C20H18ClN3O3S. The van der Waals surface area contributed by atoms with Crippen LogP contribution in [0.1, 0.15) is 35.3 Å². The molecular weight excluding hydrogens is 398 g/mol. The minimum atomic E-state index is -0.695. The molecule has 3 aromatic rings. The Labute approximate surface area is 169 Å². The maximum atomic E-state index is 12.8. The van der Waals surface area contributed by atoms with E-state index in [9.17, 15) is 14.4 Å². The van der Waals surface area contributed by atoms with Gasteiger partial charge in [-0.1, -0.05) is 11.6 Å². The van der Waals surface area contributed by atoms with Gasteiger partial charge in [0, 0.05) is 27.8 Å². The van der Waals surface area contributed by atoms with Crippen molar-refractivity contribution < 1.29 is 4.79 Å². The number of halogens is 1. The highest BCUT2D eigenvalue weighted by molar-refractivity contribution is 7.99. The van der Waals surface area contributed by atoms with Crippen LogP contribution in [0.2, 0.25) is 5.02 Å². The van der Waals surface area contributed by atoms with Crippen LogP contribution < -0.4 is 16.4 Å². The molecule has 0 fully saturated rings. The number of nitrogens with zero attached hydrogens (tertiary/aromatic N) is 1. The highest BCUT2D eigenvalue weighted by Crippen LogP contribution is 2.37. The largest absolute Gasteiger partial charge is 0.345 e. The Balaban J connectivity index is 1.67. The highest BCUT2D eigenvalue weighted by atomic mass is 35.5. The van der Waals surface area contributed by atoms with Crippen molar-refractivity contribution in [2.75, 3.05) is 5.75 Å². The lowest BCUT2D eigenvalue weighted by Gasteiger charge is -2.26. The molecule has 4 rings (SSSR count). The van der Waals surface area contributed by atoms with E-state index in [1.807, 2.05) is 18.2 Å². The summed E-state index contributed by atoms with van der Waals surface area (Å²) >= 11 is 7.88. The van der Waals surface area contributed by atoms with Gasteiger partial charge in [0.05, 0.1) is 17.1 Å². The van der Waals surface area contributed by atoms with Gasteiger partial charge >= 0.3 is 11.1 Å². The SMILES string of the molecule is CCn1c(=O)c(=O)[nH]c2cc(C(=O)NC3CCSc4ccc(Cl)cc43)ccc21. The molecule has 2 heterocycles. The van der Waals surface area contributed by atoms with E-state index in [1.54, 1.807) is 36.9 Å². The molecule has 1 amide bonds. The number of H-pyrrole nitrogens is 1. The van der Waals surface area contributed by atoms with Gasteiger partial charge in [0.2, 0.25) is 0 Å². The predicted molar refractivity (Wildman–Crippen MR) is 112 cm³/mol. The van der Waals surface area contributed by atoms with E-state index in [2.05, 4.69) is 10.3 Å². The predicted octanol–water partition coefficient (Wildman–Crippen LogP) is 3.33. The Kier molecular flexibility index (Phi) is 5.03. The summed E-state index contributed by atoms with van der Waals surface area (Å²) in [7, 11) is 0. The summed E-state index contributed by atoms with van der Waals surface area (Å²) in [6.07, 6.45) is 0.809. The molecule has 1 unspecified atom stereocenters. The van der Waals surface area contributed by atoms with Gasteiger partial charge in [-0.25, -0.2) is 0 Å². The molecule has 1 aliphatic rings. The minimum absolute atomic E-state index is 0.123. The maximum absolute atomic E-state index is 12.8. The first-order valence-electron chi connectivity index (χ1n) is 8.98. The summed E-state index contributed by atoms with van der Waals surface area (Å²) in [4.78, 5) is 40.4.